The highest BCUT2D eigenvalue weighted by atomic mass is 32.1. The van der Waals surface area contributed by atoms with Gasteiger partial charge in [-0.3, -0.25) is 14.9 Å². The average Bonchev–Trinajstić information content (AvgIpc) is 3.11. The van der Waals surface area contributed by atoms with E-state index < -0.39 is 22.6 Å². The van der Waals surface area contributed by atoms with Gasteiger partial charge in [-0.1, -0.05) is 12.1 Å². The molecule has 0 aliphatic rings. The molecular formula is C19H13FN2O5S. The smallest absolute Gasteiger partial charge is 0.341 e. The van der Waals surface area contributed by atoms with Gasteiger partial charge < -0.3 is 10.1 Å². The van der Waals surface area contributed by atoms with Crippen LogP contribution in [0.5, 0.6) is 0 Å². The number of thiophene rings is 1. The van der Waals surface area contributed by atoms with Crippen LogP contribution in [-0.2, 0) is 4.74 Å². The summed E-state index contributed by atoms with van der Waals surface area (Å²) in [5.74, 6) is -1.60. The minimum absolute atomic E-state index is 0.137. The molecule has 0 aliphatic carbocycles. The number of non-ortho nitro benzene ring substituents is 1. The molecule has 1 aromatic heterocycles. The number of carbonyl (C=O) groups excluding carboxylic acids is 2. The molecule has 0 radical (unpaired) electrons. The standard InChI is InChI=1S/C19H13FN2O5S/c1-27-19(24)16-15(11-2-6-13(20)7-3-11)10-28-18(16)21-17(23)12-4-8-14(9-5-12)22(25)26/h2-10H,1H3,(H,21,23). The van der Waals surface area contributed by atoms with Crippen LogP contribution in [0.2, 0.25) is 0 Å². The summed E-state index contributed by atoms with van der Waals surface area (Å²) in [4.78, 5) is 34.9. The third-order valence-electron chi connectivity index (χ3n) is 3.90. The van der Waals surface area contributed by atoms with Gasteiger partial charge in [0.25, 0.3) is 11.6 Å². The van der Waals surface area contributed by atoms with E-state index in [2.05, 4.69) is 5.32 Å². The highest BCUT2D eigenvalue weighted by molar-refractivity contribution is 7.15. The van der Waals surface area contributed by atoms with Gasteiger partial charge in [-0.05, 0) is 29.8 Å². The molecule has 28 heavy (non-hydrogen) atoms. The lowest BCUT2D eigenvalue weighted by Crippen LogP contribution is -2.14. The van der Waals surface area contributed by atoms with E-state index in [-0.39, 0.29) is 21.8 Å². The van der Waals surface area contributed by atoms with Crippen molar-refractivity contribution in [3.8, 4) is 11.1 Å². The normalized spacial score (nSPS) is 10.4. The van der Waals surface area contributed by atoms with E-state index in [1.807, 2.05) is 0 Å². The first-order valence-electron chi connectivity index (χ1n) is 7.92. The molecule has 142 valence electrons. The summed E-state index contributed by atoms with van der Waals surface area (Å²) in [7, 11) is 1.22. The summed E-state index contributed by atoms with van der Waals surface area (Å²) in [5.41, 5.74) is 1.29. The Morgan fingerprint density at radius 1 is 1.11 bits per heavy atom. The maximum Gasteiger partial charge on any atom is 0.341 e. The lowest BCUT2D eigenvalue weighted by molar-refractivity contribution is -0.384. The van der Waals surface area contributed by atoms with Gasteiger partial charge in [-0.15, -0.1) is 11.3 Å². The Bertz CT molecular complexity index is 1050. The highest BCUT2D eigenvalue weighted by Crippen LogP contribution is 2.36. The fourth-order valence-corrected chi connectivity index (χ4v) is 3.46. The Balaban J connectivity index is 1.93. The molecule has 1 heterocycles. The zero-order valence-corrected chi connectivity index (χ0v) is 15.3. The Hall–Kier alpha value is -3.59. The Labute approximate surface area is 162 Å². The van der Waals surface area contributed by atoms with Crippen molar-refractivity contribution in [2.75, 3.05) is 12.4 Å². The number of rotatable bonds is 5. The minimum Gasteiger partial charge on any atom is -0.465 e. The summed E-state index contributed by atoms with van der Waals surface area (Å²) in [6, 6.07) is 10.6. The molecule has 0 fully saturated rings. The van der Waals surface area contributed by atoms with Gasteiger partial charge in [0.05, 0.1) is 12.0 Å². The number of hydrogen-bond donors (Lipinski definition) is 1. The van der Waals surface area contributed by atoms with Crippen LogP contribution in [0.15, 0.2) is 53.9 Å². The molecule has 9 heteroatoms. The second-order valence-electron chi connectivity index (χ2n) is 5.61. The molecule has 0 bridgehead atoms. The molecule has 0 spiro atoms. The first kappa shape index (κ1) is 19.2. The quantitative estimate of drug-likeness (QED) is 0.386. The zero-order chi connectivity index (χ0) is 20.3. The lowest BCUT2D eigenvalue weighted by atomic mass is 10.0. The summed E-state index contributed by atoms with van der Waals surface area (Å²) >= 11 is 1.12. The van der Waals surface area contributed by atoms with E-state index in [1.54, 1.807) is 5.38 Å². The number of nitro groups is 1. The number of nitro benzene ring substituents is 1. The highest BCUT2D eigenvalue weighted by Gasteiger charge is 2.23. The molecular weight excluding hydrogens is 387 g/mol. The Morgan fingerprint density at radius 2 is 1.75 bits per heavy atom. The Kier molecular flexibility index (Phi) is 5.46. The molecule has 3 rings (SSSR count). The predicted molar refractivity (Wildman–Crippen MR) is 102 cm³/mol. The van der Waals surface area contributed by atoms with E-state index in [0.29, 0.717) is 11.1 Å². The SMILES string of the molecule is COC(=O)c1c(-c2ccc(F)cc2)csc1NC(=O)c1ccc([N+](=O)[O-])cc1. The van der Waals surface area contributed by atoms with Crippen LogP contribution in [0.3, 0.4) is 0 Å². The third kappa shape index (κ3) is 3.89. The second-order valence-corrected chi connectivity index (χ2v) is 6.49. The number of ether oxygens (including phenoxy) is 1. The number of anilines is 1. The van der Waals surface area contributed by atoms with Crippen LogP contribution >= 0.6 is 11.3 Å². The fourth-order valence-electron chi connectivity index (χ4n) is 2.51. The predicted octanol–water partition coefficient (Wildman–Crippen LogP) is 4.50. The summed E-state index contributed by atoms with van der Waals surface area (Å²) < 4.78 is 18.0. The van der Waals surface area contributed by atoms with Crippen molar-refractivity contribution in [3.63, 3.8) is 0 Å². The van der Waals surface area contributed by atoms with Crippen molar-refractivity contribution in [1.29, 1.82) is 0 Å². The fraction of sp³-hybridized carbons (Fsp3) is 0.0526. The zero-order valence-electron chi connectivity index (χ0n) is 14.5. The average molecular weight is 400 g/mol. The van der Waals surface area contributed by atoms with Crippen LogP contribution in [0.4, 0.5) is 15.1 Å². The van der Waals surface area contributed by atoms with E-state index in [4.69, 9.17) is 4.74 Å². The van der Waals surface area contributed by atoms with Crippen molar-refractivity contribution in [2.24, 2.45) is 0 Å². The van der Waals surface area contributed by atoms with Crippen LogP contribution in [-0.4, -0.2) is 23.9 Å². The number of nitrogens with zero attached hydrogens (tertiary/aromatic N) is 1. The second kappa shape index (κ2) is 7.97. The molecule has 1 amide bonds. The van der Waals surface area contributed by atoms with Gasteiger partial charge >= 0.3 is 5.97 Å². The number of methoxy groups -OCH3 is 1. The number of amides is 1. The molecule has 0 unspecified atom stereocenters. The van der Waals surface area contributed by atoms with Gasteiger partial charge in [0.15, 0.2) is 0 Å². The number of carbonyl (C=O) groups is 2. The van der Waals surface area contributed by atoms with Gasteiger partial charge in [0, 0.05) is 28.6 Å². The third-order valence-corrected chi connectivity index (χ3v) is 4.80. The number of halogens is 1. The van der Waals surface area contributed by atoms with Crippen LogP contribution < -0.4 is 5.32 Å². The molecule has 0 aliphatic heterocycles. The summed E-state index contributed by atoms with van der Waals surface area (Å²) in [6.07, 6.45) is 0. The van der Waals surface area contributed by atoms with E-state index in [0.717, 1.165) is 11.3 Å². The molecule has 0 saturated heterocycles. The van der Waals surface area contributed by atoms with Gasteiger partial charge in [-0.2, -0.15) is 0 Å². The van der Waals surface area contributed by atoms with Crippen molar-refractivity contribution >= 4 is 33.9 Å². The molecule has 3 aromatic rings. The van der Waals surface area contributed by atoms with Gasteiger partial charge in [0.1, 0.15) is 16.4 Å². The maximum absolute atomic E-state index is 13.2. The van der Waals surface area contributed by atoms with Crippen LogP contribution in [0.25, 0.3) is 11.1 Å². The van der Waals surface area contributed by atoms with Gasteiger partial charge in [-0.25, -0.2) is 9.18 Å². The van der Waals surface area contributed by atoms with E-state index in [9.17, 15) is 24.1 Å². The van der Waals surface area contributed by atoms with Crippen molar-refractivity contribution in [1.82, 2.24) is 0 Å². The molecule has 7 nitrogen and oxygen atoms in total. The minimum atomic E-state index is -0.653. The number of nitrogens with one attached hydrogen (secondary N) is 1. The van der Waals surface area contributed by atoms with Gasteiger partial charge in [0.2, 0.25) is 0 Å². The summed E-state index contributed by atoms with van der Waals surface area (Å²) in [6.45, 7) is 0. The number of esters is 1. The largest absolute Gasteiger partial charge is 0.465 e. The first-order valence-corrected chi connectivity index (χ1v) is 8.80. The van der Waals surface area contributed by atoms with Crippen molar-refractivity contribution in [2.45, 2.75) is 0 Å². The number of benzene rings is 2. The van der Waals surface area contributed by atoms with E-state index in [1.165, 1.54) is 55.6 Å². The maximum atomic E-state index is 13.2. The first-order chi connectivity index (χ1) is 13.4. The summed E-state index contributed by atoms with van der Waals surface area (Å²) in [5, 5.41) is 15.3. The van der Waals surface area contributed by atoms with Crippen LogP contribution in [0.1, 0.15) is 20.7 Å². The Morgan fingerprint density at radius 3 is 2.32 bits per heavy atom. The van der Waals surface area contributed by atoms with E-state index >= 15 is 0 Å². The van der Waals surface area contributed by atoms with Crippen molar-refractivity contribution < 1.29 is 23.6 Å². The number of hydrogen-bond acceptors (Lipinski definition) is 6. The molecule has 1 N–H and O–H groups in total. The van der Waals surface area contributed by atoms with Crippen molar-refractivity contribution in [3.05, 3.63) is 81.0 Å². The molecule has 0 atom stereocenters. The molecule has 0 saturated carbocycles. The lowest BCUT2D eigenvalue weighted by Gasteiger charge is -2.08. The molecule has 2 aromatic carbocycles. The monoisotopic (exact) mass is 400 g/mol. The van der Waals surface area contributed by atoms with Crippen LogP contribution in [0, 0.1) is 15.9 Å². The topological polar surface area (TPSA) is 98.5 Å².